The van der Waals surface area contributed by atoms with Crippen LogP contribution in [0.2, 0.25) is 0 Å². The third-order valence-corrected chi connectivity index (χ3v) is 6.26. The molecule has 2 unspecified atom stereocenters. The fourth-order valence-electron chi connectivity index (χ4n) is 4.47. The minimum Gasteiger partial charge on any atom is -0.385 e. The largest absolute Gasteiger partial charge is 0.385 e. The maximum absolute atomic E-state index is 11.7. The lowest BCUT2D eigenvalue weighted by molar-refractivity contribution is -0.143. The summed E-state index contributed by atoms with van der Waals surface area (Å²) < 4.78 is 7.33. The number of fused-ring (bicyclic) bond motifs is 1. The first-order chi connectivity index (χ1) is 15.9. The maximum atomic E-state index is 11.7. The first-order valence-corrected chi connectivity index (χ1v) is 10.8. The summed E-state index contributed by atoms with van der Waals surface area (Å²) in [5.74, 6) is 7.15. The van der Waals surface area contributed by atoms with Gasteiger partial charge in [0, 0.05) is 48.6 Å². The van der Waals surface area contributed by atoms with E-state index in [-0.39, 0.29) is 5.92 Å². The molecule has 3 N–H and O–H groups in total. The Morgan fingerprint density at radius 2 is 2.00 bits per heavy atom. The highest BCUT2D eigenvalue weighted by Crippen LogP contribution is 2.51. The van der Waals surface area contributed by atoms with Gasteiger partial charge in [0.25, 0.3) is 0 Å². The van der Waals surface area contributed by atoms with Crippen LogP contribution in [0.3, 0.4) is 0 Å². The molecule has 0 bridgehead atoms. The maximum Gasteiger partial charge on any atom is 0.311 e. The molecule has 1 saturated heterocycles. The van der Waals surface area contributed by atoms with E-state index in [9.17, 15) is 14.7 Å². The van der Waals surface area contributed by atoms with E-state index in [2.05, 4.69) is 22.0 Å². The number of aliphatic hydroxyl groups is 1. The zero-order valence-electron chi connectivity index (χ0n) is 18.0. The monoisotopic (exact) mass is 445 g/mol. The Hall–Kier alpha value is -3.90. The normalized spacial score (nSPS) is 21.8. The number of likely N-dealkylation sites (tertiary alicyclic amines) is 1. The summed E-state index contributed by atoms with van der Waals surface area (Å²) in [6.45, 7) is 3.23. The number of primary amides is 1. The van der Waals surface area contributed by atoms with Crippen LogP contribution in [0.5, 0.6) is 0 Å². The molecule has 1 aromatic carbocycles. The molecule has 0 radical (unpaired) electrons. The molecular weight excluding hydrogens is 422 g/mol. The molecule has 9 heteroatoms. The lowest BCUT2D eigenvalue weighted by atomic mass is 10.1. The fraction of sp³-hybridized carbons (Fsp3) is 0.333. The zero-order chi connectivity index (χ0) is 23.1. The van der Waals surface area contributed by atoms with Gasteiger partial charge in [-0.05, 0) is 43.0 Å². The van der Waals surface area contributed by atoms with Crippen LogP contribution in [-0.4, -0.2) is 49.6 Å². The van der Waals surface area contributed by atoms with Crippen LogP contribution >= 0.6 is 0 Å². The van der Waals surface area contributed by atoms with Crippen molar-refractivity contribution in [3.05, 3.63) is 59.8 Å². The van der Waals surface area contributed by atoms with E-state index < -0.39 is 17.9 Å². The number of aliphatic hydroxyl groups excluding tert-OH is 1. The number of imidazole rings is 1. The number of hydrogen-bond acceptors (Lipinski definition) is 6. The van der Waals surface area contributed by atoms with E-state index in [4.69, 9.17) is 10.3 Å². The van der Waals surface area contributed by atoms with Gasteiger partial charge in [-0.15, -0.1) is 0 Å². The van der Waals surface area contributed by atoms with Crippen LogP contribution in [0, 0.1) is 29.6 Å². The molecule has 2 fully saturated rings. The lowest BCUT2D eigenvalue weighted by Gasteiger charge is -2.16. The zero-order valence-corrected chi connectivity index (χ0v) is 18.0. The molecule has 33 heavy (non-hydrogen) atoms. The number of benzene rings is 1. The second kappa shape index (κ2) is 8.22. The van der Waals surface area contributed by atoms with Crippen molar-refractivity contribution in [3.8, 4) is 23.2 Å². The van der Waals surface area contributed by atoms with E-state index in [1.165, 1.54) is 4.90 Å². The second-order valence-electron chi connectivity index (χ2n) is 8.55. The van der Waals surface area contributed by atoms with Crippen molar-refractivity contribution in [1.29, 1.82) is 0 Å². The highest BCUT2D eigenvalue weighted by molar-refractivity contribution is 6.34. The third kappa shape index (κ3) is 4.13. The van der Waals surface area contributed by atoms with Gasteiger partial charge >= 0.3 is 11.8 Å². The Morgan fingerprint density at radius 1 is 1.27 bits per heavy atom. The number of carbonyl (C=O) groups is 2. The summed E-state index contributed by atoms with van der Waals surface area (Å²) in [5.41, 5.74) is 7.59. The topological polar surface area (TPSA) is 127 Å². The van der Waals surface area contributed by atoms with Gasteiger partial charge in [-0.25, -0.2) is 4.98 Å². The van der Waals surface area contributed by atoms with Gasteiger partial charge in [-0.1, -0.05) is 17.0 Å². The summed E-state index contributed by atoms with van der Waals surface area (Å²) in [6.07, 6.45) is 2.78. The van der Waals surface area contributed by atoms with Crippen molar-refractivity contribution in [2.75, 3.05) is 13.1 Å². The predicted molar refractivity (Wildman–Crippen MR) is 117 cm³/mol. The molecule has 0 spiro atoms. The second-order valence-corrected chi connectivity index (χ2v) is 8.55. The summed E-state index contributed by atoms with van der Waals surface area (Å²) in [5, 5.41) is 13.9. The van der Waals surface area contributed by atoms with Crippen molar-refractivity contribution in [2.45, 2.75) is 19.6 Å². The number of piperidine rings is 1. The molecule has 1 saturated carbocycles. The average molecular weight is 445 g/mol. The molecule has 3 atom stereocenters. The average Bonchev–Trinajstić information content (AvgIpc) is 3.29. The van der Waals surface area contributed by atoms with Gasteiger partial charge in [0.2, 0.25) is 0 Å². The van der Waals surface area contributed by atoms with Crippen molar-refractivity contribution in [3.63, 3.8) is 0 Å². The SMILES string of the molecule is C[C@H](O)c1nccn1Cc1cc(-c2ccc(C#CC3C4CN(C(=O)C(N)=O)CC34)cc2)on1. The van der Waals surface area contributed by atoms with Gasteiger partial charge in [0.15, 0.2) is 5.76 Å². The minimum atomic E-state index is -0.899. The smallest absolute Gasteiger partial charge is 0.311 e. The molecule has 9 nitrogen and oxygen atoms in total. The fourth-order valence-corrected chi connectivity index (χ4v) is 4.47. The molecular formula is C24H23N5O4. The number of amides is 2. The summed E-state index contributed by atoms with van der Waals surface area (Å²) in [7, 11) is 0. The van der Waals surface area contributed by atoms with Crippen molar-refractivity contribution in [1.82, 2.24) is 19.6 Å². The van der Waals surface area contributed by atoms with Crippen molar-refractivity contribution in [2.24, 2.45) is 23.5 Å². The van der Waals surface area contributed by atoms with Gasteiger partial charge in [0.1, 0.15) is 17.6 Å². The van der Waals surface area contributed by atoms with E-state index in [1.54, 1.807) is 19.3 Å². The molecule has 168 valence electrons. The molecule has 3 aromatic rings. The van der Waals surface area contributed by atoms with E-state index in [0.29, 0.717) is 43.1 Å². The van der Waals surface area contributed by atoms with Gasteiger partial charge < -0.3 is 24.8 Å². The lowest BCUT2D eigenvalue weighted by Crippen LogP contribution is -2.40. The summed E-state index contributed by atoms with van der Waals surface area (Å²) in [6, 6.07) is 9.62. The Bertz CT molecular complexity index is 1250. The van der Waals surface area contributed by atoms with Gasteiger partial charge in [-0.3, -0.25) is 9.59 Å². The molecule has 3 heterocycles. The first kappa shape index (κ1) is 21.0. The Labute approximate surface area is 190 Å². The molecule has 2 aliphatic rings. The van der Waals surface area contributed by atoms with Crippen LogP contribution in [0.1, 0.15) is 30.1 Å². The summed E-state index contributed by atoms with van der Waals surface area (Å²) in [4.78, 5) is 28.4. The molecule has 5 rings (SSSR count). The van der Waals surface area contributed by atoms with E-state index in [1.807, 2.05) is 34.9 Å². The van der Waals surface area contributed by atoms with Gasteiger partial charge in [0.05, 0.1) is 6.54 Å². The van der Waals surface area contributed by atoms with Gasteiger partial charge in [-0.2, -0.15) is 0 Å². The Kier molecular flexibility index (Phi) is 5.23. The Balaban J connectivity index is 1.19. The standard InChI is InChI=1S/C24H23N5O4/c1-14(30)23-26-8-9-28(23)11-17-10-21(33-27-17)16-5-2-15(3-6-16)4-7-18-19-12-29(13-20(18)19)24(32)22(25)31/h2-3,5-6,8-10,14,18-20,30H,11-13H2,1H3,(H2,25,31)/t14-,18?,19?,20?/m0/s1. The number of carbonyl (C=O) groups excluding carboxylic acids is 2. The van der Waals surface area contributed by atoms with Crippen molar-refractivity contribution >= 4 is 11.8 Å². The molecule has 1 aliphatic carbocycles. The number of rotatable bonds is 4. The highest BCUT2D eigenvalue weighted by Gasteiger charge is 2.56. The quantitative estimate of drug-likeness (QED) is 0.459. The number of hydrogen-bond donors (Lipinski definition) is 2. The van der Waals surface area contributed by atoms with Crippen LogP contribution in [0.25, 0.3) is 11.3 Å². The van der Waals surface area contributed by atoms with Crippen LogP contribution in [0.4, 0.5) is 0 Å². The highest BCUT2D eigenvalue weighted by atomic mass is 16.5. The first-order valence-electron chi connectivity index (χ1n) is 10.8. The predicted octanol–water partition coefficient (Wildman–Crippen LogP) is 1.18. The Morgan fingerprint density at radius 3 is 2.67 bits per heavy atom. The third-order valence-electron chi connectivity index (χ3n) is 6.26. The van der Waals surface area contributed by atoms with E-state index >= 15 is 0 Å². The van der Waals surface area contributed by atoms with E-state index in [0.717, 1.165) is 16.8 Å². The van der Waals surface area contributed by atoms with Crippen LogP contribution in [0.15, 0.2) is 47.2 Å². The molecule has 1 aliphatic heterocycles. The number of nitrogens with zero attached hydrogens (tertiary/aromatic N) is 4. The van der Waals surface area contributed by atoms with Crippen molar-refractivity contribution < 1.29 is 19.2 Å². The van der Waals surface area contributed by atoms with Crippen LogP contribution in [-0.2, 0) is 16.1 Å². The molecule has 2 amide bonds. The molecule has 2 aromatic heterocycles. The minimum absolute atomic E-state index is 0.258. The number of aromatic nitrogens is 3. The number of nitrogens with two attached hydrogens (primary N) is 1. The van der Waals surface area contributed by atoms with Crippen LogP contribution < -0.4 is 5.73 Å². The summed E-state index contributed by atoms with van der Waals surface area (Å²) >= 11 is 0.